The highest BCUT2D eigenvalue weighted by Gasteiger charge is 2.36. The van der Waals surface area contributed by atoms with E-state index < -0.39 is 11.7 Å². The van der Waals surface area contributed by atoms with Crippen LogP contribution in [0.4, 0.5) is 18.9 Å². The number of hydrogen-bond donors (Lipinski definition) is 0. The molecule has 0 N–H and O–H groups in total. The predicted octanol–water partition coefficient (Wildman–Crippen LogP) is 5.07. The molecule has 5 nitrogen and oxygen atoms in total. The van der Waals surface area contributed by atoms with Gasteiger partial charge in [0.15, 0.2) is 0 Å². The molecule has 0 saturated carbocycles. The monoisotopic (exact) mass is 452 g/mol. The summed E-state index contributed by atoms with van der Waals surface area (Å²) < 4.78 is 44.9. The Morgan fingerprint density at radius 3 is 2.48 bits per heavy atom. The molecule has 1 aromatic carbocycles. The molecule has 4 rings (SSSR count). The maximum absolute atomic E-state index is 13.4. The molecule has 2 aromatic rings. The number of benzene rings is 1. The van der Waals surface area contributed by atoms with Gasteiger partial charge in [-0.3, -0.25) is 9.59 Å². The Labute approximate surface area is 182 Å². The number of rotatable bonds is 2. The molecule has 2 aliphatic heterocycles. The number of anilines is 1. The summed E-state index contributed by atoms with van der Waals surface area (Å²) in [6, 6.07) is 5.24. The first-order chi connectivity index (χ1) is 14.7. The second kappa shape index (κ2) is 8.61. The smallest absolute Gasteiger partial charge is 0.416 e. The van der Waals surface area contributed by atoms with Crippen molar-refractivity contribution in [2.24, 2.45) is 5.92 Å². The lowest BCUT2D eigenvalue weighted by atomic mass is 9.94. The van der Waals surface area contributed by atoms with Crippen molar-refractivity contribution < 1.29 is 27.2 Å². The maximum Gasteiger partial charge on any atom is 0.416 e. The van der Waals surface area contributed by atoms with Gasteiger partial charge in [-0.05, 0) is 43.5 Å². The van der Waals surface area contributed by atoms with Crippen molar-refractivity contribution in [1.29, 1.82) is 0 Å². The first-order valence-electron chi connectivity index (χ1n) is 10.2. The zero-order chi connectivity index (χ0) is 22.2. The molecule has 1 unspecified atom stereocenters. The van der Waals surface area contributed by atoms with Gasteiger partial charge in [0, 0.05) is 35.7 Å². The molecular weight excluding hydrogens is 429 g/mol. The fourth-order valence-electron chi connectivity index (χ4n) is 4.06. The molecule has 1 saturated heterocycles. The molecule has 2 amide bonds. The molecule has 1 fully saturated rings. The molecule has 9 heteroatoms. The van der Waals surface area contributed by atoms with Gasteiger partial charge in [-0.1, -0.05) is 6.92 Å². The van der Waals surface area contributed by atoms with Gasteiger partial charge in [0.25, 0.3) is 5.91 Å². The number of halogens is 3. The topological polar surface area (TPSA) is 53.8 Å². The van der Waals surface area contributed by atoms with Gasteiger partial charge in [-0.2, -0.15) is 13.2 Å². The molecule has 0 bridgehead atoms. The van der Waals surface area contributed by atoms with Gasteiger partial charge in [0.2, 0.25) is 5.91 Å². The molecule has 3 heterocycles. The number of hydrogen-bond acceptors (Lipinski definition) is 4. The Hall–Kier alpha value is -2.42. The quantitative estimate of drug-likeness (QED) is 0.639. The molecular formula is C22H23F3N2O3S. The van der Waals surface area contributed by atoms with E-state index in [-0.39, 0.29) is 23.0 Å². The van der Waals surface area contributed by atoms with E-state index in [2.05, 4.69) is 0 Å². The standard InChI is InChI=1S/C22H23F3N2O3S/c1-14-4-10-27(18-12-17(22(23,24)25)2-3-19(18)31-14)21(29)15-5-8-26(9-6-15)20(28)16-7-11-30-13-16/h2-3,7,11-15H,4-6,8-10H2,1H3. The highest BCUT2D eigenvalue weighted by molar-refractivity contribution is 8.00. The van der Waals surface area contributed by atoms with Crippen LogP contribution in [0.3, 0.4) is 0 Å². The molecule has 1 aromatic heterocycles. The number of furan rings is 1. The largest absolute Gasteiger partial charge is 0.472 e. The van der Waals surface area contributed by atoms with Crippen molar-refractivity contribution in [2.45, 2.75) is 42.5 Å². The van der Waals surface area contributed by atoms with Gasteiger partial charge in [-0.15, -0.1) is 11.8 Å². The fraction of sp³-hybridized carbons (Fsp3) is 0.455. The Morgan fingerprint density at radius 2 is 1.84 bits per heavy atom. The average Bonchev–Trinajstić information content (AvgIpc) is 3.22. The molecule has 2 aliphatic rings. The normalized spacial score (nSPS) is 20.3. The van der Waals surface area contributed by atoms with Gasteiger partial charge < -0.3 is 14.2 Å². The van der Waals surface area contributed by atoms with E-state index in [0.717, 1.165) is 12.1 Å². The molecule has 0 aliphatic carbocycles. The summed E-state index contributed by atoms with van der Waals surface area (Å²) in [4.78, 5) is 29.7. The van der Waals surface area contributed by atoms with Crippen LogP contribution >= 0.6 is 11.8 Å². The number of nitrogens with zero attached hydrogens (tertiary/aromatic N) is 2. The van der Waals surface area contributed by atoms with E-state index in [9.17, 15) is 22.8 Å². The zero-order valence-corrected chi connectivity index (χ0v) is 17.8. The summed E-state index contributed by atoms with van der Waals surface area (Å²) >= 11 is 1.50. The molecule has 31 heavy (non-hydrogen) atoms. The average molecular weight is 452 g/mol. The number of likely N-dealkylation sites (tertiary alicyclic amines) is 1. The van der Waals surface area contributed by atoms with Gasteiger partial charge in [-0.25, -0.2) is 0 Å². The first kappa shape index (κ1) is 21.8. The summed E-state index contributed by atoms with van der Waals surface area (Å²) in [6.45, 7) is 3.25. The van der Waals surface area contributed by atoms with Crippen LogP contribution in [-0.4, -0.2) is 41.6 Å². The van der Waals surface area contributed by atoms with Crippen molar-refractivity contribution in [3.05, 3.63) is 47.9 Å². The van der Waals surface area contributed by atoms with Crippen LogP contribution < -0.4 is 4.90 Å². The van der Waals surface area contributed by atoms with Crippen LogP contribution in [0.15, 0.2) is 46.1 Å². The molecule has 166 valence electrons. The van der Waals surface area contributed by atoms with Gasteiger partial charge in [0.05, 0.1) is 23.1 Å². The summed E-state index contributed by atoms with van der Waals surface area (Å²) in [6.07, 6.45) is 0.0283. The van der Waals surface area contributed by atoms with Crippen LogP contribution in [0.5, 0.6) is 0 Å². The minimum atomic E-state index is -4.47. The van der Waals surface area contributed by atoms with Crippen molar-refractivity contribution in [3.63, 3.8) is 0 Å². The Morgan fingerprint density at radius 1 is 1.10 bits per heavy atom. The van der Waals surface area contributed by atoms with E-state index in [0.29, 0.717) is 55.0 Å². The number of alkyl halides is 3. The third-order valence-electron chi connectivity index (χ3n) is 5.83. The van der Waals surface area contributed by atoms with Crippen molar-refractivity contribution >= 4 is 29.3 Å². The summed E-state index contributed by atoms with van der Waals surface area (Å²) in [7, 11) is 0. The summed E-state index contributed by atoms with van der Waals surface area (Å²) in [5.74, 6) is -0.625. The second-order valence-corrected chi connectivity index (χ2v) is 9.45. The number of piperidine rings is 1. The SMILES string of the molecule is CC1CCN(C(=O)C2CCN(C(=O)c3ccoc3)CC2)c2cc(C(F)(F)F)ccc2S1. The van der Waals surface area contributed by atoms with Crippen LogP contribution in [0.1, 0.15) is 42.1 Å². The van der Waals surface area contributed by atoms with Crippen LogP contribution in [-0.2, 0) is 11.0 Å². The van der Waals surface area contributed by atoms with Crippen molar-refractivity contribution in [2.75, 3.05) is 24.5 Å². The highest BCUT2D eigenvalue weighted by Crippen LogP contribution is 2.42. The van der Waals surface area contributed by atoms with Crippen LogP contribution in [0, 0.1) is 5.92 Å². The number of carbonyl (C=O) groups is 2. The van der Waals surface area contributed by atoms with Crippen molar-refractivity contribution in [3.8, 4) is 0 Å². The van der Waals surface area contributed by atoms with Crippen molar-refractivity contribution in [1.82, 2.24) is 4.90 Å². The summed E-state index contributed by atoms with van der Waals surface area (Å²) in [5.41, 5.74) is 0.0581. The van der Waals surface area contributed by atoms with E-state index in [1.54, 1.807) is 11.0 Å². The number of thioether (sulfide) groups is 1. The summed E-state index contributed by atoms with van der Waals surface area (Å²) in [5, 5.41) is 0.197. The first-order valence-corrected chi connectivity index (χ1v) is 11.1. The number of carbonyl (C=O) groups excluding carboxylic acids is 2. The fourth-order valence-corrected chi connectivity index (χ4v) is 5.15. The molecule has 0 spiro atoms. The third-order valence-corrected chi connectivity index (χ3v) is 7.07. The Bertz CT molecular complexity index is 953. The lowest BCUT2D eigenvalue weighted by Gasteiger charge is -2.34. The zero-order valence-electron chi connectivity index (χ0n) is 17.0. The minimum Gasteiger partial charge on any atom is -0.472 e. The predicted molar refractivity (Wildman–Crippen MR) is 111 cm³/mol. The maximum atomic E-state index is 13.4. The second-order valence-electron chi connectivity index (χ2n) is 7.97. The number of amides is 2. The number of fused-ring (bicyclic) bond motifs is 1. The Kier molecular flexibility index (Phi) is 6.05. The van der Waals surface area contributed by atoms with E-state index in [1.807, 2.05) is 6.92 Å². The molecule has 0 radical (unpaired) electrons. The lowest BCUT2D eigenvalue weighted by molar-refractivity contribution is -0.137. The van der Waals surface area contributed by atoms with E-state index in [1.165, 1.54) is 35.3 Å². The van der Waals surface area contributed by atoms with Gasteiger partial charge >= 0.3 is 6.18 Å². The highest BCUT2D eigenvalue weighted by atomic mass is 32.2. The van der Waals surface area contributed by atoms with E-state index >= 15 is 0 Å². The van der Waals surface area contributed by atoms with Gasteiger partial charge in [0.1, 0.15) is 6.26 Å². The minimum absolute atomic E-state index is 0.139. The lowest BCUT2D eigenvalue weighted by Crippen LogP contribution is -2.45. The van der Waals surface area contributed by atoms with Crippen LogP contribution in [0.25, 0.3) is 0 Å². The Balaban J connectivity index is 1.52. The van der Waals surface area contributed by atoms with E-state index in [4.69, 9.17) is 4.42 Å². The van der Waals surface area contributed by atoms with Crippen LogP contribution in [0.2, 0.25) is 0 Å². The molecule has 1 atom stereocenters. The third kappa shape index (κ3) is 4.61.